The van der Waals surface area contributed by atoms with E-state index in [-0.39, 0.29) is 12.5 Å². The lowest BCUT2D eigenvalue weighted by Crippen LogP contribution is -2.32. The van der Waals surface area contributed by atoms with Gasteiger partial charge in [-0.2, -0.15) is 0 Å². The van der Waals surface area contributed by atoms with Crippen molar-refractivity contribution in [3.8, 4) is 0 Å². The zero-order chi connectivity index (χ0) is 14.3. The minimum atomic E-state index is -0.118. The van der Waals surface area contributed by atoms with Gasteiger partial charge in [0.2, 0.25) is 5.91 Å². The van der Waals surface area contributed by atoms with Crippen LogP contribution in [0.4, 0.5) is 11.4 Å². The highest BCUT2D eigenvalue weighted by atomic mass is 35.5. The molecule has 106 valence electrons. The molecular weight excluding hydrogens is 266 g/mol. The Balaban J connectivity index is 2.42. The number of nitrogen functional groups attached to an aromatic ring is 1. The van der Waals surface area contributed by atoms with Crippen LogP contribution in [0.5, 0.6) is 0 Å². The third kappa shape index (κ3) is 5.92. The van der Waals surface area contributed by atoms with E-state index in [0.29, 0.717) is 36.2 Å². The molecule has 0 bridgehead atoms. The molecule has 0 aliphatic heterocycles. The smallest absolute Gasteiger partial charge is 0.238 e. The number of nitrogens with zero attached hydrogens (tertiary/aromatic N) is 1. The summed E-state index contributed by atoms with van der Waals surface area (Å²) in [6, 6.07) is 4.98. The molecule has 0 saturated heterocycles. The number of nitrogens with one attached hydrogen (secondary N) is 1. The van der Waals surface area contributed by atoms with E-state index in [9.17, 15) is 4.79 Å². The first-order chi connectivity index (χ1) is 9.02. The van der Waals surface area contributed by atoms with Gasteiger partial charge in [-0.3, -0.25) is 9.69 Å². The van der Waals surface area contributed by atoms with Crippen molar-refractivity contribution in [2.45, 2.75) is 6.92 Å². The zero-order valence-electron chi connectivity index (χ0n) is 11.3. The van der Waals surface area contributed by atoms with Gasteiger partial charge in [-0.15, -0.1) is 0 Å². The average molecular weight is 286 g/mol. The van der Waals surface area contributed by atoms with Gasteiger partial charge in [-0.1, -0.05) is 11.6 Å². The molecule has 3 N–H and O–H groups in total. The third-order valence-electron chi connectivity index (χ3n) is 2.52. The molecule has 0 fully saturated rings. The zero-order valence-corrected chi connectivity index (χ0v) is 12.0. The summed E-state index contributed by atoms with van der Waals surface area (Å²) in [6.45, 7) is 4.23. The molecule has 1 amide bonds. The van der Waals surface area contributed by atoms with Crippen molar-refractivity contribution in [1.29, 1.82) is 0 Å². The van der Waals surface area contributed by atoms with Crippen LogP contribution in [0.3, 0.4) is 0 Å². The van der Waals surface area contributed by atoms with Crippen LogP contribution >= 0.6 is 11.6 Å². The topological polar surface area (TPSA) is 67.6 Å². The fourth-order valence-corrected chi connectivity index (χ4v) is 1.71. The molecule has 0 spiro atoms. The second-order valence-electron chi connectivity index (χ2n) is 4.21. The molecule has 6 heteroatoms. The van der Waals surface area contributed by atoms with Gasteiger partial charge in [-0.25, -0.2) is 0 Å². The normalized spacial score (nSPS) is 10.7. The molecule has 0 aromatic heterocycles. The van der Waals surface area contributed by atoms with Crippen LogP contribution in [0, 0.1) is 0 Å². The van der Waals surface area contributed by atoms with Gasteiger partial charge in [0.1, 0.15) is 0 Å². The number of carbonyl (C=O) groups is 1. The first-order valence-corrected chi connectivity index (χ1v) is 6.52. The highest BCUT2D eigenvalue weighted by molar-refractivity contribution is 6.31. The predicted octanol–water partition coefficient (Wildman–Crippen LogP) is 1.83. The second kappa shape index (κ2) is 7.99. The van der Waals surface area contributed by atoms with Gasteiger partial charge < -0.3 is 15.8 Å². The van der Waals surface area contributed by atoms with Gasteiger partial charge in [-0.05, 0) is 32.2 Å². The van der Waals surface area contributed by atoms with E-state index in [1.807, 2.05) is 18.9 Å². The SMILES string of the molecule is CCOCCN(C)CC(=O)Nc1ccc(Cl)cc1N. The Bertz CT molecular complexity index is 426. The van der Waals surface area contributed by atoms with E-state index in [1.165, 1.54) is 0 Å². The summed E-state index contributed by atoms with van der Waals surface area (Å²) < 4.78 is 5.23. The summed E-state index contributed by atoms with van der Waals surface area (Å²) >= 11 is 5.79. The fourth-order valence-electron chi connectivity index (χ4n) is 1.53. The van der Waals surface area contributed by atoms with Crippen molar-refractivity contribution in [1.82, 2.24) is 4.90 Å². The van der Waals surface area contributed by atoms with Crippen LogP contribution in [0.2, 0.25) is 5.02 Å². The van der Waals surface area contributed by atoms with Gasteiger partial charge in [0, 0.05) is 18.2 Å². The lowest BCUT2D eigenvalue weighted by molar-refractivity contribution is -0.117. The Morgan fingerprint density at radius 3 is 2.89 bits per heavy atom. The molecule has 0 atom stereocenters. The maximum atomic E-state index is 11.8. The molecule has 0 heterocycles. The molecule has 0 aliphatic carbocycles. The molecule has 1 rings (SSSR count). The largest absolute Gasteiger partial charge is 0.397 e. The number of halogens is 1. The maximum absolute atomic E-state index is 11.8. The van der Waals surface area contributed by atoms with Crippen molar-refractivity contribution < 1.29 is 9.53 Å². The number of likely N-dealkylation sites (N-methyl/N-ethyl adjacent to an activating group) is 1. The van der Waals surface area contributed by atoms with E-state index >= 15 is 0 Å². The lowest BCUT2D eigenvalue weighted by Gasteiger charge is -2.16. The van der Waals surface area contributed by atoms with Crippen LogP contribution < -0.4 is 11.1 Å². The molecule has 1 aromatic carbocycles. The number of anilines is 2. The fraction of sp³-hybridized carbons (Fsp3) is 0.462. The molecule has 19 heavy (non-hydrogen) atoms. The Labute approximate surface area is 118 Å². The molecule has 1 aromatic rings. The molecule has 0 aliphatic rings. The number of hydrogen-bond donors (Lipinski definition) is 2. The van der Waals surface area contributed by atoms with E-state index in [1.54, 1.807) is 18.2 Å². The molecule has 0 saturated carbocycles. The van der Waals surface area contributed by atoms with Crippen LogP contribution in [-0.2, 0) is 9.53 Å². The highest BCUT2D eigenvalue weighted by Crippen LogP contribution is 2.22. The molecule has 0 unspecified atom stereocenters. The van der Waals surface area contributed by atoms with Crippen molar-refractivity contribution in [2.75, 3.05) is 44.4 Å². The first-order valence-electron chi connectivity index (χ1n) is 6.14. The maximum Gasteiger partial charge on any atom is 0.238 e. The Hall–Kier alpha value is -1.30. The van der Waals surface area contributed by atoms with Gasteiger partial charge in [0.15, 0.2) is 0 Å². The van der Waals surface area contributed by atoms with E-state index in [0.717, 1.165) is 0 Å². The third-order valence-corrected chi connectivity index (χ3v) is 2.76. The number of amides is 1. The lowest BCUT2D eigenvalue weighted by atomic mass is 10.2. The number of hydrogen-bond acceptors (Lipinski definition) is 4. The van der Waals surface area contributed by atoms with Crippen molar-refractivity contribution in [3.05, 3.63) is 23.2 Å². The number of rotatable bonds is 7. The van der Waals surface area contributed by atoms with E-state index in [2.05, 4.69) is 5.32 Å². The number of nitrogens with two attached hydrogens (primary N) is 1. The average Bonchev–Trinajstić information content (AvgIpc) is 2.33. The minimum absolute atomic E-state index is 0.118. The van der Waals surface area contributed by atoms with Gasteiger partial charge >= 0.3 is 0 Å². The van der Waals surface area contributed by atoms with Crippen molar-refractivity contribution in [3.63, 3.8) is 0 Å². The number of ether oxygens (including phenoxy) is 1. The number of benzene rings is 1. The molecule has 5 nitrogen and oxygen atoms in total. The summed E-state index contributed by atoms with van der Waals surface area (Å²) in [5.41, 5.74) is 6.80. The highest BCUT2D eigenvalue weighted by Gasteiger charge is 2.08. The van der Waals surface area contributed by atoms with Gasteiger partial charge in [0.05, 0.1) is 24.5 Å². The summed E-state index contributed by atoms with van der Waals surface area (Å²) in [7, 11) is 1.86. The van der Waals surface area contributed by atoms with Crippen LogP contribution in [0.15, 0.2) is 18.2 Å². The van der Waals surface area contributed by atoms with Crippen molar-refractivity contribution in [2.24, 2.45) is 0 Å². The van der Waals surface area contributed by atoms with Crippen LogP contribution in [-0.4, -0.2) is 44.2 Å². The van der Waals surface area contributed by atoms with E-state index < -0.39 is 0 Å². The van der Waals surface area contributed by atoms with Gasteiger partial charge in [0.25, 0.3) is 0 Å². The summed E-state index contributed by atoms with van der Waals surface area (Å²) in [4.78, 5) is 13.7. The Morgan fingerprint density at radius 2 is 2.26 bits per heavy atom. The summed E-state index contributed by atoms with van der Waals surface area (Å²) in [5.74, 6) is -0.118. The molecule has 0 radical (unpaired) electrons. The molecular formula is C13H20ClN3O2. The Morgan fingerprint density at radius 1 is 1.53 bits per heavy atom. The summed E-state index contributed by atoms with van der Waals surface area (Å²) in [6.07, 6.45) is 0. The summed E-state index contributed by atoms with van der Waals surface area (Å²) in [5, 5.41) is 3.30. The minimum Gasteiger partial charge on any atom is -0.397 e. The predicted molar refractivity (Wildman–Crippen MR) is 78.5 cm³/mol. The quantitative estimate of drug-likeness (QED) is 0.592. The van der Waals surface area contributed by atoms with Crippen LogP contribution in [0.1, 0.15) is 6.92 Å². The van der Waals surface area contributed by atoms with Crippen LogP contribution in [0.25, 0.3) is 0 Å². The number of carbonyl (C=O) groups excluding carboxylic acids is 1. The second-order valence-corrected chi connectivity index (χ2v) is 4.65. The monoisotopic (exact) mass is 285 g/mol. The Kier molecular flexibility index (Phi) is 6.62. The van der Waals surface area contributed by atoms with Crippen molar-refractivity contribution >= 4 is 28.9 Å². The standard InChI is InChI=1S/C13H20ClN3O2/c1-3-19-7-6-17(2)9-13(18)16-12-5-4-10(14)8-11(12)15/h4-5,8H,3,6-7,9,15H2,1-2H3,(H,16,18). The van der Waals surface area contributed by atoms with E-state index in [4.69, 9.17) is 22.1 Å². The first kappa shape index (κ1) is 15.8.